The molecule has 0 spiro atoms. The van der Waals surface area contributed by atoms with Crippen LogP contribution in [-0.4, -0.2) is 37.2 Å². The molecule has 1 fully saturated rings. The van der Waals surface area contributed by atoms with Gasteiger partial charge in [0, 0.05) is 12.1 Å². The van der Waals surface area contributed by atoms with E-state index in [4.69, 9.17) is 0 Å². The van der Waals surface area contributed by atoms with E-state index in [9.17, 15) is 13.2 Å². The zero-order valence-corrected chi connectivity index (χ0v) is 9.16. The van der Waals surface area contributed by atoms with Crippen molar-refractivity contribution in [3.63, 3.8) is 0 Å². The molecule has 1 atom stereocenters. The minimum atomic E-state index is -2.98. The Balaban J connectivity index is 1.85. The van der Waals surface area contributed by atoms with Crippen molar-refractivity contribution in [2.45, 2.75) is 12.5 Å². The molecule has 1 saturated heterocycles. The Morgan fingerprint density at radius 3 is 2.94 bits per heavy atom. The number of hydrogen-bond donors (Lipinski definition) is 2. The number of amides is 2. The van der Waals surface area contributed by atoms with Gasteiger partial charge in [0.2, 0.25) is 0 Å². The maximum atomic E-state index is 11.4. The fraction of sp³-hybridized carbons (Fsp3) is 0.500. The summed E-state index contributed by atoms with van der Waals surface area (Å²) in [4.78, 5) is 11.4. The second kappa shape index (κ2) is 4.12. The van der Waals surface area contributed by atoms with Crippen LogP contribution in [-0.2, 0) is 9.84 Å². The Kier molecular flexibility index (Phi) is 2.82. The standard InChI is InChI=1S/C8H11N3O4S/c12-8(10-7-1-3-15-11-7)9-6-2-4-16(13,14)5-6/h1,3,6H,2,4-5H2,(H2,9,10,11,12). The van der Waals surface area contributed by atoms with Gasteiger partial charge < -0.3 is 9.84 Å². The fourth-order valence-corrected chi connectivity index (χ4v) is 3.20. The van der Waals surface area contributed by atoms with Crippen molar-refractivity contribution in [2.24, 2.45) is 0 Å². The number of urea groups is 1. The summed E-state index contributed by atoms with van der Waals surface area (Å²) in [6.45, 7) is 0. The molecule has 7 nitrogen and oxygen atoms in total. The predicted octanol–water partition coefficient (Wildman–Crippen LogP) is -0.0168. The lowest BCUT2D eigenvalue weighted by Gasteiger charge is -2.10. The number of carbonyl (C=O) groups is 1. The number of rotatable bonds is 2. The molecule has 0 aliphatic carbocycles. The molecule has 1 aliphatic rings. The van der Waals surface area contributed by atoms with Crippen molar-refractivity contribution < 1.29 is 17.7 Å². The smallest absolute Gasteiger partial charge is 0.320 e. The van der Waals surface area contributed by atoms with Crippen LogP contribution < -0.4 is 10.6 Å². The topological polar surface area (TPSA) is 101 Å². The number of aromatic nitrogens is 1. The molecule has 16 heavy (non-hydrogen) atoms. The van der Waals surface area contributed by atoms with Crippen molar-refractivity contribution >= 4 is 21.7 Å². The summed E-state index contributed by atoms with van der Waals surface area (Å²) in [5.41, 5.74) is 0. The lowest BCUT2D eigenvalue weighted by molar-refractivity contribution is 0.249. The molecule has 1 unspecified atom stereocenters. The molecule has 8 heteroatoms. The molecule has 0 radical (unpaired) electrons. The molecule has 0 saturated carbocycles. The van der Waals surface area contributed by atoms with Gasteiger partial charge >= 0.3 is 6.03 Å². The van der Waals surface area contributed by atoms with Gasteiger partial charge in [-0.3, -0.25) is 5.32 Å². The van der Waals surface area contributed by atoms with E-state index in [-0.39, 0.29) is 17.5 Å². The second-order valence-corrected chi connectivity index (χ2v) is 5.81. The lowest BCUT2D eigenvalue weighted by atomic mass is 10.3. The maximum Gasteiger partial charge on any atom is 0.320 e. The third-order valence-corrected chi connectivity index (χ3v) is 4.02. The van der Waals surface area contributed by atoms with Gasteiger partial charge in [-0.15, -0.1) is 0 Å². The molecule has 1 aromatic heterocycles. The van der Waals surface area contributed by atoms with Crippen molar-refractivity contribution in [2.75, 3.05) is 16.8 Å². The summed E-state index contributed by atoms with van der Waals surface area (Å²) in [6, 6.07) is 0.693. The average molecular weight is 245 g/mol. The van der Waals surface area contributed by atoms with E-state index in [0.29, 0.717) is 12.2 Å². The van der Waals surface area contributed by atoms with E-state index < -0.39 is 15.9 Å². The molecular formula is C8H11N3O4S. The quantitative estimate of drug-likeness (QED) is 0.762. The third-order valence-electron chi connectivity index (χ3n) is 2.25. The predicted molar refractivity (Wildman–Crippen MR) is 55.7 cm³/mol. The van der Waals surface area contributed by atoms with E-state index in [1.54, 1.807) is 0 Å². The Bertz CT molecular complexity index is 467. The first-order valence-electron chi connectivity index (χ1n) is 4.73. The minimum absolute atomic E-state index is 0.000758. The normalized spacial score (nSPS) is 22.9. The minimum Gasteiger partial charge on any atom is -0.363 e. The fourth-order valence-electron chi connectivity index (χ4n) is 1.52. The zero-order valence-electron chi connectivity index (χ0n) is 8.34. The zero-order chi connectivity index (χ0) is 11.6. The first-order chi connectivity index (χ1) is 7.55. The van der Waals surface area contributed by atoms with E-state index in [2.05, 4.69) is 20.3 Å². The number of anilines is 1. The van der Waals surface area contributed by atoms with E-state index in [0.717, 1.165) is 0 Å². The van der Waals surface area contributed by atoms with E-state index >= 15 is 0 Å². The molecule has 0 bridgehead atoms. The highest BCUT2D eigenvalue weighted by Crippen LogP contribution is 2.11. The van der Waals surface area contributed by atoms with Crippen LogP contribution >= 0.6 is 0 Å². The highest BCUT2D eigenvalue weighted by Gasteiger charge is 2.28. The van der Waals surface area contributed by atoms with Gasteiger partial charge in [0.15, 0.2) is 15.7 Å². The van der Waals surface area contributed by atoms with E-state index in [1.807, 2.05) is 0 Å². The van der Waals surface area contributed by atoms with Crippen molar-refractivity contribution in [3.8, 4) is 0 Å². The molecule has 0 aromatic carbocycles. The van der Waals surface area contributed by atoms with Crippen LogP contribution in [0.1, 0.15) is 6.42 Å². The Morgan fingerprint density at radius 1 is 1.56 bits per heavy atom. The molecule has 2 rings (SSSR count). The molecule has 2 amide bonds. The van der Waals surface area contributed by atoms with Gasteiger partial charge in [-0.2, -0.15) is 0 Å². The first kappa shape index (κ1) is 10.9. The summed E-state index contributed by atoms with van der Waals surface area (Å²) >= 11 is 0. The van der Waals surface area contributed by atoms with Gasteiger partial charge in [-0.1, -0.05) is 5.16 Å². The molecule has 88 valence electrons. The van der Waals surface area contributed by atoms with Gasteiger partial charge in [0.1, 0.15) is 6.26 Å². The Labute approximate surface area is 92.1 Å². The second-order valence-electron chi connectivity index (χ2n) is 3.58. The van der Waals surface area contributed by atoms with Gasteiger partial charge in [-0.25, -0.2) is 13.2 Å². The molecule has 2 heterocycles. The summed E-state index contributed by atoms with van der Waals surface area (Å²) in [5.74, 6) is 0.416. The number of hydrogen-bond acceptors (Lipinski definition) is 5. The van der Waals surface area contributed by atoms with E-state index in [1.165, 1.54) is 12.3 Å². The molecule has 1 aromatic rings. The van der Waals surface area contributed by atoms with Crippen LogP contribution in [0.2, 0.25) is 0 Å². The Hall–Kier alpha value is -1.57. The number of carbonyl (C=O) groups excluding carboxylic acids is 1. The maximum absolute atomic E-state index is 11.4. The first-order valence-corrected chi connectivity index (χ1v) is 6.56. The highest BCUT2D eigenvalue weighted by atomic mass is 32.2. The highest BCUT2D eigenvalue weighted by molar-refractivity contribution is 7.91. The largest absolute Gasteiger partial charge is 0.363 e. The van der Waals surface area contributed by atoms with Crippen LogP contribution in [0.15, 0.2) is 16.9 Å². The molecule has 1 aliphatic heterocycles. The van der Waals surface area contributed by atoms with Crippen LogP contribution in [0.3, 0.4) is 0 Å². The number of sulfone groups is 1. The van der Waals surface area contributed by atoms with Gasteiger partial charge in [-0.05, 0) is 6.42 Å². The van der Waals surface area contributed by atoms with Gasteiger partial charge in [0.25, 0.3) is 0 Å². The summed E-state index contributed by atoms with van der Waals surface area (Å²) in [5, 5.41) is 8.48. The monoisotopic (exact) mass is 245 g/mol. The van der Waals surface area contributed by atoms with Crippen molar-refractivity contribution in [1.82, 2.24) is 10.5 Å². The summed E-state index contributed by atoms with van der Waals surface area (Å²) < 4.78 is 26.8. The number of nitrogens with zero attached hydrogens (tertiary/aromatic N) is 1. The van der Waals surface area contributed by atoms with Crippen LogP contribution in [0, 0.1) is 0 Å². The van der Waals surface area contributed by atoms with Gasteiger partial charge in [0.05, 0.1) is 11.5 Å². The SMILES string of the molecule is O=C(Nc1ccon1)NC1CCS(=O)(=O)C1. The van der Waals surface area contributed by atoms with Crippen LogP contribution in [0.5, 0.6) is 0 Å². The van der Waals surface area contributed by atoms with Crippen molar-refractivity contribution in [3.05, 3.63) is 12.3 Å². The third kappa shape index (κ3) is 2.72. The van der Waals surface area contributed by atoms with Crippen LogP contribution in [0.25, 0.3) is 0 Å². The molecular weight excluding hydrogens is 234 g/mol. The van der Waals surface area contributed by atoms with Crippen molar-refractivity contribution in [1.29, 1.82) is 0 Å². The number of nitrogens with one attached hydrogen (secondary N) is 2. The van der Waals surface area contributed by atoms with Crippen LogP contribution in [0.4, 0.5) is 10.6 Å². The Morgan fingerprint density at radius 2 is 2.38 bits per heavy atom. The summed E-state index contributed by atoms with van der Waals surface area (Å²) in [7, 11) is -2.98. The summed E-state index contributed by atoms with van der Waals surface area (Å²) in [6.07, 6.45) is 1.78. The lowest BCUT2D eigenvalue weighted by Crippen LogP contribution is -2.38. The molecule has 2 N–H and O–H groups in total. The average Bonchev–Trinajstić information content (AvgIpc) is 2.76.